The van der Waals surface area contributed by atoms with Crippen LogP contribution in [0.15, 0.2) is 54.1 Å². The molecule has 1 heterocycles. The Labute approximate surface area is 157 Å². The van der Waals surface area contributed by atoms with Gasteiger partial charge in [-0.25, -0.2) is 4.79 Å². The van der Waals surface area contributed by atoms with Crippen LogP contribution in [0, 0.1) is 6.92 Å². The Balaban J connectivity index is 1.91. The van der Waals surface area contributed by atoms with Gasteiger partial charge >= 0.3 is 11.9 Å². The number of carbonyl (C=O) groups excluding carboxylic acids is 2. The second-order valence-corrected chi connectivity index (χ2v) is 6.10. The molecule has 2 aromatic carbocycles. The molecule has 1 aliphatic heterocycles. The first-order chi connectivity index (χ1) is 13.0. The van der Waals surface area contributed by atoms with Crippen molar-refractivity contribution in [2.75, 3.05) is 6.61 Å². The molecule has 0 saturated carbocycles. The highest BCUT2D eigenvalue weighted by molar-refractivity contribution is 6.05. The second-order valence-electron chi connectivity index (χ2n) is 6.10. The standard InChI is InChI=1S/C22H20O5/c1-4-25-21-12-16(7-10-19(21)26-15(3)23)11-18-13-20(27-22(18)24)17-8-5-14(2)6-9-17/h5-13H,4H2,1-3H3/b18-11+. The quantitative estimate of drug-likeness (QED) is 0.450. The van der Waals surface area contributed by atoms with Crippen molar-refractivity contribution in [3.05, 3.63) is 70.8 Å². The van der Waals surface area contributed by atoms with Gasteiger partial charge in [0.25, 0.3) is 0 Å². The van der Waals surface area contributed by atoms with Crippen LogP contribution in [-0.4, -0.2) is 18.5 Å². The minimum Gasteiger partial charge on any atom is -0.490 e. The molecule has 5 nitrogen and oxygen atoms in total. The maximum Gasteiger partial charge on any atom is 0.343 e. The molecular weight excluding hydrogens is 344 g/mol. The lowest BCUT2D eigenvalue weighted by molar-refractivity contribution is -0.132. The van der Waals surface area contributed by atoms with Crippen LogP contribution >= 0.6 is 0 Å². The lowest BCUT2D eigenvalue weighted by atomic mass is 10.1. The molecule has 5 heteroatoms. The van der Waals surface area contributed by atoms with Gasteiger partial charge in [0.15, 0.2) is 11.5 Å². The van der Waals surface area contributed by atoms with Crippen LogP contribution in [0.2, 0.25) is 0 Å². The molecule has 0 amide bonds. The van der Waals surface area contributed by atoms with Crippen molar-refractivity contribution in [3.63, 3.8) is 0 Å². The maximum atomic E-state index is 12.2. The van der Waals surface area contributed by atoms with Gasteiger partial charge in [-0.3, -0.25) is 4.79 Å². The molecule has 0 N–H and O–H groups in total. The zero-order valence-corrected chi connectivity index (χ0v) is 15.4. The van der Waals surface area contributed by atoms with E-state index in [1.165, 1.54) is 6.92 Å². The maximum absolute atomic E-state index is 12.2. The van der Waals surface area contributed by atoms with Crippen molar-refractivity contribution in [2.24, 2.45) is 0 Å². The average Bonchev–Trinajstić information content (AvgIpc) is 2.98. The number of carbonyl (C=O) groups is 2. The summed E-state index contributed by atoms with van der Waals surface area (Å²) in [6.45, 7) is 5.60. The van der Waals surface area contributed by atoms with Crippen LogP contribution in [-0.2, 0) is 14.3 Å². The molecule has 138 valence electrons. The zero-order valence-electron chi connectivity index (χ0n) is 15.4. The topological polar surface area (TPSA) is 61.8 Å². The number of esters is 2. The summed E-state index contributed by atoms with van der Waals surface area (Å²) in [5.41, 5.74) is 3.16. The molecule has 2 aromatic rings. The van der Waals surface area contributed by atoms with E-state index in [9.17, 15) is 9.59 Å². The second kappa shape index (κ2) is 7.91. The highest BCUT2D eigenvalue weighted by Gasteiger charge is 2.22. The van der Waals surface area contributed by atoms with Crippen LogP contribution in [0.5, 0.6) is 11.5 Å². The van der Waals surface area contributed by atoms with Crippen LogP contribution < -0.4 is 9.47 Å². The summed E-state index contributed by atoms with van der Waals surface area (Å²) < 4.78 is 16.1. The highest BCUT2D eigenvalue weighted by Crippen LogP contribution is 2.32. The summed E-state index contributed by atoms with van der Waals surface area (Å²) in [5, 5.41) is 0. The number of benzene rings is 2. The molecule has 3 rings (SSSR count). The number of cyclic esters (lactones) is 1. The van der Waals surface area contributed by atoms with E-state index in [0.717, 1.165) is 16.7 Å². The van der Waals surface area contributed by atoms with E-state index >= 15 is 0 Å². The molecule has 27 heavy (non-hydrogen) atoms. The fraction of sp³-hybridized carbons (Fsp3) is 0.182. The first-order valence-electron chi connectivity index (χ1n) is 8.64. The molecule has 0 bridgehead atoms. The molecule has 0 atom stereocenters. The summed E-state index contributed by atoms with van der Waals surface area (Å²) >= 11 is 0. The average molecular weight is 364 g/mol. The molecule has 0 saturated heterocycles. The fourth-order valence-electron chi connectivity index (χ4n) is 2.65. The number of rotatable bonds is 5. The van der Waals surface area contributed by atoms with E-state index in [1.54, 1.807) is 30.4 Å². The van der Waals surface area contributed by atoms with Crippen molar-refractivity contribution in [3.8, 4) is 11.5 Å². The van der Waals surface area contributed by atoms with Gasteiger partial charge in [-0.05, 0) is 43.7 Å². The van der Waals surface area contributed by atoms with Crippen molar-refractivity contribution in [1.29, 1.82) is 0 Å². The normalized spacial score (nSPS) is 14.7. The molecule has 0 aliphatic carbocycles. The number of aryl methyl sites for hydroxylation is 1. The van der Waals surface area contributed by atoms with Gasteiger partial charge in [-0.1, -0.05) is 35.9 Å². The van der Waals surface area contributed by atoms with Gasteiger partial charge in [0.2, 0.25) is 0 Å². The lowest BCUT2D eigenvalue weighted by Gasteiger charge is -2.10. The van der Waals surface area contributed by atoms with E-state index in [0.29, 0.717) is 29.4 Å². The number of ether oxygens (including phenoxy) is 3. The highest BCUT2D eigenvalue weighted by atomic mass is 16.6. The van der Waals surface area contributed by atoms with E-state index < -0.39 is 11.9 Å². The summed E-state index contributed by atoms with van der Waals surface area (Å²) in [5.74, 6) is 0.472. The van der Waals surface area contributed by atoms with Gasteiger partial charge < -0.3 is 14.2 Å². The number of hydrogen-bond donors (Lipinski definition) is 0. The van der Waals surface area contributed by atoms with Crippen LogP contribution in [0.1, 0.15) is 30.5 Å². The fourth-order valence-corrected chi connectivity index (χ4v) is 2.65. The Bertz CT molecular complexity index is 936. The smallest absolute Gasteiger partial charge is 0.343 e. The lowest BCUT2D eigenvalue weighted by Crippen LogP contribution is -2.04. The molecule has 0 spiro atoms. The largest absolute Gasteiger partial charge is 0.490 e. The molecular formula is C22H20O5. The van der Waals surface area contributed by atoms with Gasteiger partial charge in [0.1, 0.15) is 5.76 Å². The first-order valence-corrected chi connectivity index (χ1v) is 8.64. The first kappa shape index (κ1) is 18.5. The van der Waals surface area contributed by atoms with Gasteiger partial charge in [0, 0.05) is 12.5 Å². The Kier molecular flexibility index (Phi) is 5.41. The Morgan fingerprint density at radius 1 is 1.11 bits per heavy atom. The van der Waals surface area contributed by atoms with Crippen molar-refractivity contribution < 1.29 is 23.8 Å². The van der Waals surface area contributed by atoms with Crippen LogP contribution in [0.3, 0.4) is 0 Å². The summed E-state index contributed by atoms with van der Waals surface area (Å²) in [7, 11) is 0. The van der Waals surface area contributed by atoms with E-state index in [1.807, 2.05) is 38.1 Å². The third-order valence-corrected chi connectivity index (χ3v) is 3.90. The zero-order chi connectivity index (χ0) is 19.4. The van der Waals surface area contributed by atoms with Crippen LogP contribution in [0.25, 0.3) is 11.8 Å². The van der Waals surface area contributed by atoms with Gasteiger partial charge in [0.05, 0.1) is 12.2 Å². The molecule has 1 aliphatic rings. The Morgan fingerprint density at radius 2 is 1.85 bits per heavy atom. The molecule has 0 unspecified atom stereocenters. The van der Waals surface area contributed by atoms with E-state index in [-0.39, 0.29) is 0 Å². The third kappa shape index (κ3) is 4.44. The van der Waals surface area contributed by atoms with Gasteiger partial charge in [-0.15, -0.1) is 0 Å². The van der Waals surface area contributed by atoms with Crippen molar-refractivity contribution >= 4 is 23.8 Å². The van der Waals surface area contributed by atoms with E-state index in [2.05, 4.69) is 0 Å². The molecule has 0 aromatic heterocycles. The Morgan fingerprint density at radius 3 is 2.52 bits per heavy atom. The van der Waals surface area contributed by atoms with E-state index in [4.69, 9.17) is 14.2 Å². The summed E-state index contributed by atoms with van der Waals surface area (Å²) in [4.78, 5) is 23.4. The minimum absolute atomic E-state index is 0.344. The predicted octanol–water partition coefficient (Wildman–Crippen LogP) is 4.30. The summed E-state index contributed by atoms with van der Waals surface area (Å²) in [6.07, 6.45) is 3.43. The molecule has 0 fully saturated rings. The Hall–Kier alpha value is -3.34. The number of hydrogen-bond acceptors (Lipinski definition) is 5. The SMILES string of the molecule is CCOc1cc(/C=C2\C=C(c3ccc(C)cc3)OC2=O)ccc1OC(C)=O. The predicted molar refractivity (Wildman–Crippen MR) is 102 cm³/mol. The van der Waals surface area contributed by atoms with Crippen molar-refractivity contribution in [1.82, 2.24) is 0 Å². The minimum atomic E-state index is -0.424. The van der Waals surface area contributed by atoms with Crippen molar-refractivity contribution in [2.45, 2.75) is 20.8 Å². The monoisotopic (exact) mass is 364 g/mol. The van der Waals surface area contributed by atoms with Gasteiger partial charge in [-0.2, -0.15) is 0 Å². The van der Waals surface area contributed by atoms with Crippen LogP contribution in [0.4, 0.5) is 0 Å². The molecule has 0 radical (unpaired) electrons. The summed E-state index contributed by atoms with van der Waals surface area (Å²) in [6, 6.07) is 12.9. The third-order valence-electron chi connectivity index (χ3n) is 3.90.